The molecule has 124 valence electrons. The van der Waals surface area contributed by atoms with E-state index < -0.39 is 0 Å². The van der Waals surface area contributed by atoms with Crippen LogP contribution in [0.15, 0.2) is 30.3 Å². The lowest BCUT2D eigenvalue weighted by molar-refractivity contribution is -0.140. The van der Waals surface area contributed by atoms with Gasteiger partial charge in [0.15, 0.2) is 0 Å². The third kappa shape index (κ3) is 4.09. The maximum atomic E-state index is 12.6. The number of nitrogens with zero attached hydrogens (tertiary/aromatic N) is 2. The number of hydrogen-bond donors (Lipinski definition) is 1. The molecule has 2 amide bonds. The minimum absolute atomic E-state index is 0.0714. The van der Waals surface area contributed by atoms with Crippen LogP contribution in [0.2, 0.25) is 0 Å². The second-order valence-electron chi connectivity index (χ2n) is 5.98. The lowest BCUT2D eigenvalue weighted by atomic mass is 10.2. The van der Waals surface area contributed by atoms with E-state index in [1.165, 1.54) is 0 Å². The predicted octanol–water partition coefficient (Wildman–Crippen LogP) is 0.948. The van der Waals surface area contributed by atoms with Crippen LogP contribution in [0.4, 0.5) is 5.69 Å². The summed E-state index contributed by atoms with van der Waals surface area (Å²) in [5.41, 5.74) is 0.785. The average Bonchev–Trinajstić information content (AvgIpc) is 3.03. The van der Waals surface area contributed by atoms with Crippen LogP contribution in [0.1, 0.15) is 12.8 Å². The third-order valence-electron chi connectivity index (χ3n) is 4.38. The number of nitrogens with one attached hydrogen (secondary N) is 1. The highest BCUT2D eigenvalue weighted by Crippen LogP contribution is 2.20. The number of para-hydroxylation sites is 1. The van der Waals surface area contributed by atoms with Gasteiger partial charge in [-0.2, -0.15) is 0 Å². The van der Waals surface area contributed by atoms with E-state index in [0.29, 0.717) is 26.3 Å². The largest absolute Gasteiger partial charge is 0.378 e. The topological polar surface area (TPSA) is 61.9 Å². The summed E-state index contributed by atoms with van der Waals surface area (Å²) in [7, 11) is 0. The monoisotopic (exact) mass is 317 g/mol. The maximum absolute atomic E-state index is 12.6. The summed E-state index contributed by atoms with van der Waals surface area (Å²) in [4.78, 5) is 28.7. The number of anilines is 1. The van der Waals surface area contributed by atoms with E-state index in [9.17, 15) is 9.59 Å². The number of hydrogen-bond acceptors (Lipinski definition) is 4. The minimum atomic E-state index is -0.172. The highest BCUT2D eigenvalue weighted by molar-refractivity contribution is 5.93. The Balaban J connectivity index is 1.56. The number of likely N-dealkylation sites (tertiary alicyclic amines) is 1. The van der Waals surface area contributed by atoms with Crippen molar-refractivity contribution in [2.75, 3.05) is 44.7 Å². The van der Waals surface area contributed by atoms with Crippen LogP contribution in [0.25, 0.3) is 0 Å². The first-order chi connectivity index (χ1) is 11.2. The van der Waals surface area contributed by atoms with Gasteiger partial charge in [0, 0.05) is 18.8 Å². The first kappa shape index (κ1) is 16.0. The third-order valence-corrected chi connectivity index (χ3v) is 4.38. The summed E-state index contributed by atoms with van der Waals surface area (Å²) in [6, 6.07) is 9.23. The highest BCUT2D eigenvalue weighted by Gasteiger charge is 2.35. The molecule has 0 aliphatic carbocycles. The summed E-state index contributed by atoms with van der Waals surface area (Å²) in [5.74, 6) is 0.0659. The van der Waals surface area contributed by atoms with Crippen LogP contribution in [-0.4, -0.2) is 67.0 Å². The van der Waals surface area contributed by atoms with Gasteiger partial charge in [-0.1, -0.05) is 18.2 Å². The molecule has 1 atom stereocenters. The molecular formula is C17H23N3O3. The van der Waals surface area contributed by atoms with Crippen LogP contribution in [0, 0.1) is 0 Å². The molecule has 1 aromatic carbocycles. The Hall–Kier alpha value is -1.92. The lowest BCUT2D eigenvalue weighted by Crippen LogP contribution is -2.50. The summed E-state index contributed by atoms with van der Waals surface area (Å²) in [6.07, 6.45) is 1.79. The zero-order chi connectivity index (χ0) is 16.1. The van der Waals surface area contributed by atoms with Gasteiger partial charge in [-0.15, -0.1) is 0 Å². The van der Waals surface area contributed by atoms with Crippen molar-refractivity contribution in [1.82, 2.24) is 9.80 Å². The molecule has 1 aromatic rings. The molecule has 2 fully saturated rings. The zero-order valence-electron chi connectivity index (χ0n) is 13.2. The molecule has 2 aliphatic rings. The normalized spacial score (nSPS) is 22.1. The highest BCUT2D eigenvalue weighted by atomic mass is 16.5. The zero-order valence-corrected chi connectivity index (χ0v) is 13.2. The van der Waals surface area contributed by atoms with Crippen molar-refractivity contribution in [2.24, 2.45) is 0 Å². The predicted molar refractivity (Wildman–Crippen MR) is 87.1 cm³/mol. The summed E-state index contributed by atoms with van der Waals surface area (Å²) < 4.78 is 5.30. The molecule has 6 nitrogen and oxygen atoms in total. The fourth-order valence-electron chi connectivity index (χ4n) is 3.20. The lowest BCUT2D eigenvalue weighted by Gasteiger charge is -2.32. The first-order valence-corrected chi connectivity index (χ1v) is 8.19. The molecular weight excluding hydrogens is 294 g/mol. The molecule has 2 heterocycles. The van der Waals surface area contributed by atoms with Gasteiger partial charge in [0.2, 0.25) is 11.8 Å². The first-order valence-electron chi connectivity index (χ1n) is 8.19. The Morgan fingerprint density at radius 1 is 1.13 bits per heavy atom. The molecule has 0 saturated carbocycles. The summed E-state index contributed by atoms with van der Waals surface area (Å²) in [6.45, 7) is 3.57. The molecule has 23 heavy (non-hydrogen) atoms. The Bertz CT molecular complexity index is 543. The van der Waals surface area contributed by atoms with Crippen molar-refractivity contribution in [3.63, 3.8) is 0 Å². The number of carbonyl (C=O) groups excluding carboxylic acids is 2. The van der Waals surface area contributed by atoms with Crippen molar-refractivity contribution in [3.05, 3.63) is 30.3 Å². The van der Waals surface area contributed by atoms with E-state index in [1.54, 1.807) is 0 Å². The number of amides is 2. The Labute approximate surface area is 136 Å². The van der Waals surface area contributed by atoms with Gasteiger partial charge in [-0.3, -0.25) is 14.5 Å². The van der Waals surface area contributed by atoms with Gasteiger partial charge in [0.25, 0.3) is 0 Å². The molecule has 6 heteroatoms. The van der Waals surface area contributed by atoms with Gasteiger partial charge in [-0.05, 0) is 31.5 Å². The van der Waals surface area contributed by atoms with Crippen molar-refractivity contribution in [1.29, 1.82) is 0 Å². The van der Waals surface area contributed by atoms with Crippen molar-refractivity contribution in [3.8, 4) is 0 Å². The van der Waals surface area contributed by atoms with Crippen LogP contribution < -0.4 is 5.32 Å². The van der Waals surface area contributed by atoms with Crippen molar-refractivity contribution in [2.45, 2.75) is 18.9 Å². The minimum Gasteiger partial charge on any atom is -0.378 e. The Kier molecular flexibility index (Phi) is 5.25. The second kappa shape index (κ2) is 7.57. The van der Waals surface area contributed by atoms with Gasteiger partial charge >= 0.3 is 0 Å². The average molecular weight is 317 g/mol. The number of morpholine rings is 1. The Morgan fingerprint density at radius 2 is 1.87 bits per heavy atom. The van der Waals surface area contributed by atoms with Crippen molar-refractivity contribution >= 4 is 17.5 Å². The number of carbonyl (C=O) groups is 2. The van der Waals surface area contributed by atoms with Crippen LogP contribution >= 0.6 is 0 Å². The number of ether oxygens (including phenoxy) is 1. The van der Waals surface area contributed by atoms with Crippen LogP contribution in [-0.2, 0) is 14.3 Å². The van der Waals surface area contributed by atoms with E-state index in [1.807, 2.05) is 40.1 Å². The molecule has 0 spiro atoms. The molecule has 0 aromatic heterocycles. The fraction of sp³-hybridized carbons (Fsp3) is 0.529. The van der Waals surface area contributed by atoms with Crippen molar-refractivity contribution < 1.29 is 14.3 Å². The molecule has 2 saturated heterocycles. The number of rotatable bonds is 4. The Morgan fingerprint density at radius 3 is 2.61 bits per heavy atom. The van der Waals surface area contributed by atoms with Crippen LogP contribution in [0.5, 0.6) is 0 Å². The standard InChI is InChI=1S/C17H23N3O3/c21-16(18-14-5-2-1-3-6-14)13-20-8-4-7-15(20)17(22)19-9-11-23-12-10-19/h1-3,5-6,15H,4,7-13H2,(H,18,21). The van der Waals surface area contributed by atoms with E-state index in [2.05, 4.69) is 5.32 Å². The second-order valence-corrected chi connectivity index (χ2v) is 5.98. The SMILES string of the molecule is O=C(CN1CCCC1C(=O)N1CCOCC1)Nc1ccccc1. The van der Waals surface area contributed by atoms with E-state index in [4.69, 9.17) is 4.74 Å². The van der Waals surface area contributed by atoms with Gasteiger partial charge in [0.05, 0.1) is 25.8 Å². The smallest absolute Gasteiger partial charge is 0.240 e. The quantitative estimate of drug-likeness (QED) is 0.898. The van der Waals surface area contributed by atoms with Gasteiger partial charge in [-0.25, -0.2) is 0 Å². The molecule has 1 unspecified atom stereocenters. The summed E-state index contributed by atoms with van der Waals surface area (Å²) >= 11 is 0. The fourth-order valence-corrected chi connectivity index (χ4v) is 3.20. The van der Waals surface area contributed by atoms with Gasteiger partial charge in [0.1, 0.15) is 0 Å². The maximum Gasteiger partial charge on any atom is 0.240 e. The van der Waals surface area contributed by atoms with E-state index >= 15 is 0 Å². The molecule has 0 radical (unpaired) electrons. The van der Waals surface area contributed by atoms with Crippen LogP contribution in [0.3, 0.4) is 0 Å². The van der Waals surface area contributed by atoms with E-state index in [-0.39, 0.29) is 24.4 Å². The van der Waals surface area contributed by atoms with Gasteiger partial charge < -0.3 is 15.0 Å². The molecule has 0 bridgehead atoms. The summed E-state index contributed by atoms with van der Waals surface area (Å²) in [5, 5.41) is 2.88. The number of benzene rings is 1. The molecule has 3 rings (SSSR count). The molecule has 1 N–H and O–H groups in total. The van der Waals surface area contributed by atoms with E-state index in [0.717, 1.165) is 25.1 Å². The molecule has 2 aliphatic heterocycles.